The van der Waals surface area contributed by atoms with Gasteiger partial charge in [-0.25, -0.2) is 0 Å². The van der Waals surface area contributed by atoms with E-state index in [4.69, 9.17) is 0 Å². The molecule has 0 heterocycles. The van der Waals surface area contributed by atoms with Crippen molar-refractivity contribution in [3.63, 3.8) is 0 Å². The lowest BCUT2D eigenvalue weighted by molar-refractivity contribution is -0.112. The van der Waals surface area contributed by atoms with E-state index in [9.17, 15) is 4.79 Å². The molecule has 0 bridgehead atoms. The molecule has 1 aliphatic rings. The molecule has 0 fully saturated rings. The molecule has 0 aromatic heterocycles. The van der Waals surface area contributed by atoms with Gasteiger partial charge >= 0.3 is 0 Å². The normalized spacial score (nSPS) is 26.1. The SMILES string of the molecule is C/C=C/C(=O)C1=C(C)C[C@H](C)CC1(C)C. The van der Waals surface area contributed by atoms with E-state index < -0.39 is 0 Å². The van der Waals surface area contributed by atoms with Crippen LogP contribution in [0.15, 0.2) is 23.3 Å². The van der Waals surface area contributed by atoms with Crippen molar-refractivity contribution in [1.82, 2.24) is 0 Å². The first-order valence-electron chi connectivity index (χ1n) is 5.75. The number of hydrogen-bond donors (Lipinski definition) is 0. The lowest BCUT2D eigenvalue weighted by Gasteiger charge is -2.36. The molecule has 0 saturated heterocycles. The molecular formula is C14H22O. The average Bonchev–Trinajstić information content (AvgIpc) is 1.99. The van der Waals surface area contributed by atoms with E-state index in [1.54, 1.807) is 6.08 Å². The van der Waals surface area contributed by atoms with Crippen LogP contribution in [0.3, 0.4) is 0 Å². The zero-order valence-electron chi connectivity index (χ0n) is 10.6. The molecule has 0 aliphatic heterocycles. The summed E-state index contributed by atoms with van der Waals surface area (Å²) in [5.74, 6) is 0.897. The summed E-state index contributed by atoms with van der Waals surface area (Å²) in [5.41, 5.74) is 2.36. The lowest BCUT2D eigenvalue weighted by Crippen LogP contribution is -2.28. The van der Waals surface area contributed by atoms with Crippen LogP contribution in [0.25, 0.3) is 0 Å². The van der Waals surface area contributed by atoms with Gasteiger partial charge in [-0.1, -0.05) is 32.4 Å². The molecular weight excluding hydrogens is 184 g/mol. The van der Waals surface area contributed by atoms with Crippen LogP contribution in [-0.2, 0) is 4.79 Å². The summed E-state index contributed by atoms with van der Waals surface area (Å²) in [6, 6.07) is 0. The van der Waals surface area contributed by atoms with Gasteiger partial charge in [0.25, 0.3) is 0 Å². The zero-order chi connectivity index (χ0) is 11.6. The monoisotopic (exact) mass is 206 g/mol. The van der Waals surface area contributed by atoms with Crippen LogP contribution < -0.4 is 0 Å². The third-order valence-electron chi connectivity index (χ3n) is 3.18. The molecule has 1 atom stereocenters. The second-order valence-corrected chi connectivity index (χ2v) is 5.42. The Hall–Kier alpha value is -0.850. The number of rotatable bonds is 2. The minimum Gasteiger partial charge on any atom is -0.290 e. The number of carbonyl (C=O) groups is 1. The molecule has 1 nitrogen and oxygen atoms in total. The van der Waals surface area contributed by atoms with E-state index in [2.05, 4.69) is 27.7 Å². The highest BCUT2D eigenvalue weighted by Gasteiger charge is 2.34. The second kappa shape index (κ2) is 4.34. The zero-order valence-corrected chi connectivity index (χ0v) is 10.6. The van der Waals surface area contributed by atoms with E-state index in [0.717, 1.165) is 18.4 Å². The predicted molar refractivity (Wildman–Crippen MR) is 64.7 cm³/mol. The highest BCUT2D eigenvalue weighted by atomic mass is 16.1. The van der Waals surface area contributed by atoms with Gasteiger partial charge < -0.3 is 0 Å². The first-order valence-corrected chi connectivity index (χ1v) is 5.75. The van der Waals surface area contributed by atoms with Crippen LogP contribution in [0, 0.1) is 11.3 Å². The quantitative estimate of drug-likeness (QED) is 0.626. The minimum absolute atomic E-state index is 0.0400. The number of hydrogen-bond acceptors (Lipinski definition) is 1. The molecule has 0 amide bonds. The Morgan fingerprint density at radius 3 is 2.53 bits per heavy atom. The summed E-state index contributed by atoms with van der Waals surface area (Å²) < 4.78 is 0. The van der Waals surface area contributed by atoms with Crippen LogP contribution in [0.5, 0.6) is 0 Å². The third kappa shape index (κ3) is 2.58. The van der Waals surface area contributed by atoms with Crippen molar-refractivity contribution in [2.24, 2.45) is 11.3 Å². The molecule has 1 aliphatic carbocycles. The van der Waals surface area contributed by atoms with Crippen LogP contribution in [0.4, 0.5) is 0 Å². The summed E-state index contributed by atoms with van der Waals surface area (Å²) in [7, 11) is 0. The maximum absolute atomic E-state index is 12.0. The van der Waals surface area contributed by atoms with Crippen molar-refractivity contribution < 1.29 is 4.79 Å². The smallest absolute Gasteiger partial charge is 0.181 e. The Bertz CT molecular complexity index is 318. The lowest BCUT2D eigenvalue weighted by atomic mass is 9.67. The van der Waals surface area contributed by atoms with Crippen LogP contribution >= 0.6 is 0 Å². The summed E-state index contributed by atoms with van der Waals surface area (Å²) in [6.45, 7) is 10.6. The topological polar surface area (TPSA) is 17.1 Å². The Morgan fingerprint density at radius 1 is 1.47 bits per heavy atom. The highest BCUT2D eigenvalue weighted by molar-refractivity contribution is 6.05. The third-order valence-corrected chi connectivity index (χ3v) is 3.18. The first-order chi connectivity index (χ1) is 6.88. The van der Waals surface area contributed by atoms with Crippen LogP contribution in [-0.4, -0.2) is 5.78 Å². The summed E-state index contributed by atoms with van der Waals surface area (Å²) in [4.78, 5) is 12.0. The van der Waals surface area contributed by atoms with Crippen LogP contribution in [0.1, 0.15) is 47.5 Å². The van der Waals surface area contributed by atoms with Gasteiger partial charge in [-0.3, -0.25) is 4.79 Å². The maximum atomic E-state index is 12.0. The van der Waals surface area contributed by atoms with Gasteiger partial charge in [0.2, 0.25) is 0 Å². The first kappa shape index (κ1) is 12.2. The van der Waals surface area contributed by atoms with E-state index in [-0.39, 0.29) is 11.2 Å². The van der Waals surface area contributed by atoms with E-state index in [0.29, 0.717) is 5.92 Å². The highest BCUT2D eigenvalue weighted by Crippen LogP contribution is 2.43. The fourth-order valence-corrected chi connectivity index (χ4v) is 3.03. The van der Waals surface area contributed by atoms with Gasteiger partial charge in [0.1, 0.15) is 0 Å². The summed E-state index contributed by atoms with van der Waals surface area (Å²) in [6.07, 6.45) is 5.71. The molecule has 0 aromatic carbocycles. The molecule has 0 N–H and O–H groups in total. The van der Waals surface area contributed by atoms with Gasteiger partial charge in [-0.05, 0) is 44.1 Å². The van der Waals surface area contributed by atoms with Crippen molar-refractivity contribution in [3.05, 3.63) is 23.3 Å². The Labute approximate surface area is 93.3 Å². The van der Waals surface area contributed by atoms with Crippen LogP contribution in [0.2, 0.25) is 0 Å². The summed E-state index contributed by atoms with van der Waals surface area (Å²) in [5, 5.41) is 0. The number of carbonyl (C=O) groups excluding carboxylic acids is 1. The van der Waals surface area contributed by atoms with Gasteiger partial charge in [0.05, 0.1) is 0 Å². The molecule has 0 spiro atoms. The molecule has 0 saturated carbocycles. The Kier molecular flexibility index (Phi) is 3.54. The standard InChI is InChI=1S/C14H22O/c1-6-7-12(15)13-11(3)8-10(2)9-14(13,4)5/h6-7,10H,8-9H2,1-5H3/b7-6+/t10-/m0/s1. The predicted octanol–water partition coefficient (Wildman–Crippen LogP) is 3.90. The maximum Gasteiger partial charge on any atom is 0.181 e. The Morgan fingerprint density at radius 2 is 2.07 bits per heavy atom. The Balaban J connectivity index is 3.11. The number of allylic oxidation sites excluding steroid dienone is 4. The van der Waals surface area contributed by atoms with Crippen molar-refractivity contribution in [3.8, 4) is 0 Å². The van der Waals surface area contributed by atoms with Crippen molar-refractivity contribution in [1.29, 1.82) is 0 Å². The van der Waals surface area contributed by atoms with E-state index >= 15 is 0 Å². The van der Waals surface area contributed by atoms with Gasteiger partial charge in [0, 0.05) is 5.57 Å². The fourth-order valence-electron chi connectivity index (χ4n) is 3.03. The van der Waals surface area contributed by atoms with Gasteiger partial charge in [0.15, 0.2) is 5.78 Å². The van der Waals surface area contributed by atoms with Crippen molar-refractivity contribution in [2.45, 2.75) is 47.5 Å². The van der Waals surface area contributed by atoms with Crippen molar-refractivity contribution >= 4 is 5.78 Å². The fraction of sp³-hybridized carbons (Fsp3) is 0.643. The average molecular weight is 206 g/mol. The van der Waals surface area contributed by atoms with Gasteiger partial charge in [-0.15, -0.1) is 0 Å². The van der Waals surface area contributed by atoms with E-state index in [1.807, 2.05) is 13.0 Å². The molecule has 1 rings (SSSR count). The van der Waals surface area contributed by atoms with Gasteiger partial charge in [-0.2, -0.15) is 0 Å². The molecule has 1 heteroatoms. The molecule has 0 radical (unpaired) electrons. The molecule has 0 aromatic rings. The minimum atomic E-state index is 0.0400. The summed E-state index contributed by atoms with van der Waals surface area (Å²) >= 11 is 0. The molecule has 0 unspecified atom stereocenters. The largest absolute Gasteiger partial charge is 0.290 e. The molecule has 15 heavy (non-hydrogen) atoms. The number of ketones is 1. The molecule has 84 valence electrons. The second-order valence-electron chi connectivity index (χ2n) is 5.42. The van der Waals surface area contributed by atoms with Crippen molar-refractivity contribution in [2.75, 3.05) is 0 Å². The van der Waals surface area contributed by atoms with E-state index in [1.165, 1.54) is 5.57 Å².